The predicted octanol–water partition coefficient (Wildman–Crippen LogP) is 2.10. The Bertz CT molecular complexity index is 258. The fourth-order valence-electron chi connectivity index (χ4n) is 2.80. The van der Waals surface area contributed by atoms with Crippen LogP contribution in [0.3, 0.4) is 0 Å². The monoisotopic (exact) mass is 260 g/mol. The molecule has 1 aliphatic carbocycles. The van der Waals surface area contributed by atoms with Gasteiger partial charge in [0.15, 0.2) is 0 Å². The van der Waals surface area contributed by atoms with Gasteiger partial charge in [0, 0.05) is 6.54 Å². The minimum Gasteiger partial charge on any atom is -0.354 e. The molecule has 4 heteroatoms. The van der Waals surface area contributed by atoms with Gasteiger partial charge in [-0.15, -0.1) is 12.4 Å². The molecule has 2 fully saturated rings. The van der Waals surface area contributed by atoms with Gasteiger partial charge < -0.3 is 10.6 Å². The summed E-state index contributed by atoms with van der Waals surface area (Å²) in [5, 5.41) is 6.37. The Morgan fingerprint density at radius 3 is 2.65 bits per heavy atom. The molecular weight excluding hydrogens is 236 g/mol. The van der Waals surface area contributed by atoms with Crippen LogP contribution in [0.1, 0.15) is 46.0 Å². The molecule has 2 rings (SSSR count). The highest BCUT2D eigenvalue weighted by atomic mass is 35.5. The van der Waals surface area contributed by atoms with Gasteiger partial charge in [-0.3, -0.25) is 4.79 Å². The van der Waals surface area contributed by atoms with Crippen molar-refractivity contribution in [3.8, 4) is 0 Å². The minimum atomic E-state index is 0. The average Bonchev–Trinajstić information content (AvgIpc) is 2.80. The molecule has 1 heterocycles. The van der Waals surface area contributed by atoms with Gasteiger partial charge in [0.1, 0.15) is 0 Å². The number of hydrogen-bond donors (Lipinski definition) is 2. The molecule has 0 aromatic rings. The molecule has 0 aromatic heterocycles. The molecule has 0 spiro atoms. The van der Waals surface area contributed by atoms with E-state index >= 15 is 0 Å². The fraction of sp³-hybridized carbons (Fsp3) is 0.923. The summed E-state index contributed by atoms with van der Waals surface area (Å²) in [4.78, 5) is 11.8. The minimum absolute atomic E-state index is 0. The molecule has 17 heavy (non-hydrogen) atoms. The van der Waals surface area contributed by atoms with E-state index < -0.39 is 0 Å². The van der Waals surface area contributed by atoms with Gasteiger partial charge in [-0.05, 0) is 50.0 Å². The zero-order valence-corrected chi connectivity index (χ0v) is 11.7. The summed E-state index contributed by atoms with van der Waals surface area (Å²) in [6, 6.07) is 0.0786. The van der Waals surface area contributed by atoms with Crippen LogP contribution in [-0.2, 0) is 4.79 Å². The first kappa shape index (κ1) is 14.8. The molecule has 1 saturated carbocycles. The average molecular weight is 261 g/mol. The zero-order chi connectivity index (χ0) is 11.6. The largest absolute Gasteiger partial charge is 0.354 e. The van der Waals surface area contributed by atoms with Crippen molar-refractivity contribution in [1.82, 2.24) is 10.6 Å². The summed E-state index contributed by atoms with van der Waals surface area (Å²) in [6.45, 7) is 6.41. The maximum Gasteiger partial charge on any atom is 0.237 e. The van der Waals surface area contributed by atoms with Crippen LogP contribution in [0.25, 0.3) is 0 Å². The number of carbonyl (C=O) groups excluding carboxylic acids is 1. The highest BCUT2D eigenvalue weighted by Crippen LogP contribution is 2.49. The first-order valence-corrected chi connectivity index (χ1v) is 6.62. The number of halogens is 1. The van der Waals surface area contributed by atoms with Crippen molar-refractivity contribution in [3.63, 3.8) is 0 Å². The van der Waals surface area contributed by atoms with E-state index in [1.807, 2.05) is 0 Å². The summed E-state index contributed by atoms with van der Waals surface area (Å²) in [7, 11) is 0. The van der Waals surface area contributed by atoms with Crippen LogP contribution in [0.2, 0.25) is 0 Å². The van der Waals surface area contributed by atoms with Crippen molar-refractivity contribution in [3.05, 3.63) is 0 Å². The summed E-state index contributed by atoms with van der Waals surface area (Å²) in [5.74, 6) is 0.955. The molecule has 1 atom stereocenters. The second kappa shape index (κ2) is 6.05. The molecule has 0 radical (unpaired) electrons. The number of rotatable bonds is 5. The van der Waals surface area contributed by atoms with Crippen molar-refractivity contribution in [2.45, 2.75) is 52.0 Å². The molecular formula is C13H25ClN2O. The molecule has 1 unspecified atom stereocenters. The second-order valence-corrected chi connectivity index (χ2v) is 5.96. The topological polar surface area (TPSA) is 41.1 Å². The highest BCUT2D eigenvalue weighted by Gasteiger charge is 2.43. The van der Waals surface area contributed by atoms with Crippen LogP contribution in [0.5, 0.6) is 0 Å². The first-order chi connectivity index (χ1) is 7.61. The SMILES string of the molecule is CC(C)CC1(CNC(=O)C2CCCN2)CC1.Cl. The number of hydrogen-bond acceptors (Lipinski definition) is 2. The van der Waals surface area contributed by atoms with Crippen molar-refractivity contribution < 1.29 is 4.79 Å². The summed E-state index contributed by atoms with van der Waals surface area (Å²) in [6.07, 6.45) is 5.98. The number of carbonyl (C=O) groups is 1. The molecule has 1 aliphatic heterocycles. The molecule has 3 nitrogen and oxygen atoms in total. The van der Waals surface area contributed by atoms with Gasteiger partial charge in [-0.2, -0.15) is 0 Å². The van der Waals surface area contributed by atoms with Crippen LogP contribution >= 0.6 is 12.4 Å². The molecule has 1 saturated heterocycles. The Balaban J connectivity index is 0.00000144. The molecule has 1 amide bonds. The van der Waals surface area contributed by atoms with Gasteiger partial charge in [0.25, 0.3) is 0 Å². The van der Waals surface area contributed by atoms with Gasteiger partial charge in [-0.25, -0.2) is 0 Å². The summed E-state index contributed by atoms with van der Waals surface area (Å²) < 4.78 is 0. The Kier molecular flexibility index (Phi) is 5.26. The highest BCUT2D eigenvalue weighted by molar-refractivity contribution is 5.85. The lowest BCUT2D eigenvalue weighted by Gasteiger charge is -2.19. The maximum absolute atomic E-state index is 11.8. The van der Waals surface area contributed by atoms with E-state index in [-0.39, 0.29) is 24.4 Å². The van der Waals surface area contributed by atoms with Crippen molar-refractivity contribution in [1.29, 1.82) is 0 Å². The third-order valence-electron chi connectivity index (χ3n) is 3.81. The smallest absolute Gasteiger partial charge is 0.237 e. The molecule has 0 aromatic carbocycles. The normalized spacial score (nSPS) is 25.5. The fourth-order valence-corrected chi connectivity index (χ4v) is 2.80. The van der Waals surface area contributed by atoms with Gasteiger partial charge in [-0.1, -0.05) is 13.8 Å². The quantitative estimate of drug-likeness (QED) is 0.795. The standard InChI is InChI=1S/C13H24N2O.ClH/c1-10(2)8-13(5-6-13)9-15-12(16)11-4-3-7-14-11;/h10-11,14H,3-9H2,1-2H3,(H,15,16);1H. The van der Waals surface area contributed by atoms with Crippen LogP contribution in [0.4, 0.5) is 0 Å². The Morgan fingerprint density at radius 1 is 1.47 bits per heavy atom. The lowest BCUT2D eigenvalue weighted by molar-refractivity contribution is -0.123. The first-order valence-electron chi connectivity index (χ1n) is 6.62. The van der Waals surface area contributed by atoms with Crippen LogP contribution < -0.4 is 10.6 Å². The van der Waals surface area contributed by atoms with E-state index in [1.54, 1.807) is 0 Å². The van der Waals surface area contributed by atoms with E-state index in [1.165, 1.54) is 19.3 Å². The van der Waals surface area contributed by atoms with Crippen LogP contribution in [0.15, 0.2) is 0 Å². The van der Waals surface area contributed by atoms with E-state index in [4.69, 9.17) is 0 Å². The third kappa shape index (κ3) is 4.14. The van der Waals surface area contributed by atoms with E-state index in [2.05, 4.69) is 24.5 Å². The molecule has 0 bridgehead atoms. The number of nitrogens with one attached hydrogen (secondary N) is 2. The van der Waals surface area contributed by atoms with Crippen LogP contribution in [0, 0.1) is 11.3 Å². The zero-order valence-electron chi connectivity index (χ0n) is 10.9. The Labute approximate surface area is 111 Å². The van der Waals surface area contributed by atoms with E-state index in [9.17, 15) is 4.79 Å². The van der Waals surface area contributed by atoms with E-state index in [0.29, 0.717) is 5.41 Å². The Hall–Kier alpha value is -0.280. The van der Waals surface area contributed by atoms with Gasteiger partial charge in [0.2, 0.25) is 5.91 Å². The van der Waals surface area contributed by atoms with Gasteiger partial charge >= 0.3 is 0 Å². The molecule has 2 N–H and O–H groups in total. The third-order valence-corrected chi connectivity index (χ3v) is 3.81. The van der Waals surface area contributed by atoms with Gasteiger partial charge in [0.05, 0.1) is 6.04 Å². The van der Waals surface area contributed by atoms with Crippen molar-refractivity contribution in [2.75, 3.05) is 13.1 Å². The van der Waals surface area contributed by atoms with Crippen molar-refractivity contribution >= 4 is 18.3 Å². The Morgan fingerprint density at radius 2 is 2.18 bits per heavy atom. The summed E-state index contributed by atoms with van der Waals surface area (Å²) in [5.41, 5.74) is 0.447. The molecule has 100 valence electrons. The van der Waals surface area contributed by atoms with Crippen molar-refractivity contribution in [2.24, 2.45) is 11.3 Å². The second-order valence-electron chi connectivity index (χ2n) is 5.96. The number of amides is 1. The predicted molar refractivity (Wildman–Crippen MR) is 72.4 cm³/mol. The summed E-state index contributed by atoms with van der Waals surface area (Å²) >= 11 is 0. The lowest BCUT2D eigenvalue weighted by atomic mass is 9.94. The van der Waals surface area contributed by atoms with E-state index in [0.717, 1.165) is 31.8 Å². The maximum atomic E-state index is 11.8. The lowest BCUT2D eigenvalue weighted by Crippen LogP contribution is -2.42. The van der Waals surface area contributed by atoms with Crippen LogP contribution in [-0.4, -0.2) is 25.0 Å². The molecule has 2 aliphatic rings.